The maximum atomic E-state index is 8.30. The van der Waals surface area contributed by atoms with Crippen LogP contribution < -0.4 is 0 Å². The zero-order valence-corrected chi connectivity index (χ0v) is 8.22. The molecule has 1 heterocycles. The Hall–Kier alpha value is -1.97. The van der Waals surface area contributed by atoms with Crippen LogP contribution in [-0.4, -0.2) is 4.98 Å². The quantitative estimate of drug-likeness (QED) is 0.437. The molecule has 6 heteroatoms. The lowest BCUT2D eigenvalue weighted by molar-refractivity contribution is 0.572. The van der Waals surface area contributed by atoms with Gasteiger partial charge in [-0.15, -0.1) is 0 Å². The molecule has 0 bridgehead atoms. The van der Waals surface area contributed by atoms with Crippen LogP contribution in [0.15, 0.2) is 40.3 Å². The Labute approximate surface area is 89.9 Å². The fourth-order valence-corrected chi connectivity index (χ4v) is 1.38. The van der Waals surface area contributed by atoms with Crippen LogP contribution in [0.5, 0.6) is 0 Å². The van der Waals surface area contributed by atoms with Gasteiger partial charge in [0.2, 0.25) is 0 Å². The molecular weight excluding hydrogens is 216 g/mol. The van der Waals surface area contributed by atoms with E-state index in [0.29, 0.717) is 22.0 Å². The maximum Gasteiger partial charge on any atom is 0.181 e. The van der Waals surface area contributed by atoms with Crippen molar-refractivity contribution in [3.8, 4) is 11.3 Å². The number of hydrogen-bond donors (Lipinski definition) is 0. The third kappa shape index (κ3) is 1.93. The maximum absolute atomic E-state index is 8.30. The number of benzene rings is 1. The highest BCUT2D eigenvalue weighted by atomic mass is 35.5. The SMILES string of the molecule is [N-]=[N+]=Nc1ccc(Cl)c(-c2cnco2)c1. The Morgan fingerprint density at radius 3 is 3.00 bits per heavy atom. The standard InChI is InChI=1S/C9H5ClN4O/c10-8-2-1-6(13-14-11)3-7(8)9-4-12-5-15-9/h1-5H. The molecule has 5 nitrogen and oxygen atoms in total. The molecule has 0 N–H and O–H groups in total. The first-order valence-corrected chi connectivity index (χ1v) is 4.42. The summed E-state index contributed by atoms with van der Waals surface area (Å²) < 4.78 is 5.10. The Morgan fingerprint density at radius 1 is 1.47 bits per heavy atom. The second kappa shape index (κ2) is 4.04. The van der Waals surface area contributed by atoms with Gasteiger partial charge in [0.15, 0.2) is 12.2 Å². The molecule has 0 aliphatic rings. The molecule has 1 aromatic heterocycles. The first kappa shape index (κ1) is 9.58. The predicted octanol–water partition coefficient (Wildman–Crippen LogP) is 3.94. The summed E-state index contributed by atoms with van der Waals surface area (Å²) >= 11 is 5.97. The minimum atomic E-state index is 0.480. The van der Waals surface area contributed by atoms with Crippen LogP contribution >= 0.6 is 11.6 Å². The molecule has 0 atom stereocenters. The van der Waals surface area contributed by atoms with Gasteiger partial charge in [0.05, 0.1) is 11.2 Å². The highest BCUT2D eigenvalue weighted by Crippen LogP contribution is 2.31. The van der Waals surface area contributed by atoms with Crippen LogP contribution in [-0.2, 0) is 0 Å². The molecule has 0 unspecified atom stereocenters. The number of hydrogen-bond acceptors (Lipinski definition) is 3. The Morgan fingerprint density at radius 2 is 2.33 bits per heavy atom. The van der Waals surface area contributed by atoms with Crippen molar-refractivity contribution >= 4 is 17.3 Å². The third-order valence-corrected chi connectivity index (χ3v) is 2.14. The number of oxazole rings is 1. The lowest BCUT2D eigenvalue weighted by Crippen LogP contribution is -1.75. The van der Waals surface area contributed by atoms with E-state index in [0.717, 1.165) is 0 Å². The summed E-state index contributed by atoms with van der Waals surface area (Å²) in [6.45, 7) is 0. The van der Waals surface area contributed by atoms with E-state index in [1.807, 2.05) is 0 Å². The van der Waals surface area contributed by atoms with E-state index in [9.17, 15) is 0 Å². The second-order valence-corrected chi connectivity index (χ2v) is 3.13. The zero-order chi connectivity index (χ0) is 10.7. The normalized spacial score (nSPS) is 9.67. The number of rotatable bonds is 2. The summed E-state index contributed by atoms with van der Waals surface area (Å²) in [6, 6.07) is 4.91. The van der Waals surface area contributed by atoms with Crippen molar-refractivity contribution in [2.45, 2.75) is 0 Å². The van der Waals surface area contributed by atoms with Gasteiger partial charge >= 0.3 is 0 Å². The average Bonchev–Trinajstić information content (AvgIpc) is 2.74. The summed E-state index contributed by atoms with van der Waals surface area (Å²) in [5, 5.41) is 4.00. The van der Waals surface area contributed by atoms with Gasteiger partial charge in [-0.2, -0.15) is 0 Å². The molecule has 0 aliphatic carbocycles. The van der Waals surface area contributed by atoms with E-state index in [-0.39, 0.29) is 0 Å². The predicted molar refractivity (Wildman–Crippen MR) is 55.8 cm³/mol. The van der Waals surface area contributed by atoms with E-state index >= 15 is 0 Å². The van der Waals surface area contributed by atoms with Crippen molar-refractivity contribution in [2.75, 3.05) is 0 Å². The van der Waals surface area contributed by atoms with Crippen molar-refractivity contribution < 1.29 is 4.42 Å². The van der Waals surface area contributed by atoms with Crippen molar-refractivity contribution in [3.63, 3.8) is 0 Å². The fourth-order valence-electron chi connectivity index (χ4n) is 1.16. The summed E-state index contributed by atoms with van der Waals surface area (Å²) in [4.78, 5) is 6.48. The highest BCUT2D eigenvalue weighted by molar-refractivity contribution is 6.33. The van der Waals surface area contributed by atoms with Crippen molar-refractivity contribution in [2.24, 2.45) is 5.11 Å². The van der Waals surface area contributed by atoms with Crippen LogP contribution in [0.25, 0.3) is 21.8 Å². The average molecular weight is 221 g/mol. The molecule has 2 aromatic rings. The van der Waals surface area contributed by atoms with Crippen LogP contribution in [0, 0.1) is 0 Å². The molecule has 0 saturated heterocycles. The van der Waals surface area contributed by atoms with E-state index < -0.39 is 0 Å². The lowest BCUT2D eigenvalue weighted by atomic mass is 10.1. The van der Waals surface area contributed by atoms with E-state index in [2.05, 4.69) is 15.0 Å². The van der Waals surface area contributed by atoms with Crippen LogP contribution in [0.3, 0.4) is 0 Å². The highest BCUT2D eigenvalue weighted by Gasteiger charge is 2.07. The monoisotopic (exact) mass is 220 g/mol. The second-order valence-electron chi connectivity index (χ2n) is 2.72. The van der Waals surface area contributed by atoms with Crippen LogP contribution in [0.1, 0.15) is 0 Å². The zero-order valence-electron chi connectivity index (χ0n) is 7.46. The van der Waals surface area contributed by atoms with Crippen molar-refractivity contribution in [1.82, 2.24) is 4.98 Å². The molecule has 74 valence electrons. The van der Waals surface area contributed by atoms with E-state index in [1.54, 1.807) is 24.4 Å². The first-order valence-electron chi connectivity index (χ1n) is 4.05. The summed E-state index contributed by atoms with van der Waals surface area (Å²) in [7, 11) is 0. The van der Waals surface area contributed by atoms with Gasteiger partial charge in [-0.05, 0) is 17.7 Å². The number of nitrogens with zero attached hydrogens (tertiary/aromatic N) is 4. The van der Waals surface area contributed by atoms with Crippen LogP contribution in [0.4, 0.5) is 5.69 Å². The Kier molecular flexibility index (Phi) is 2.58. The van der Waals surface area contributed by atoms with Gasteiger partial charge in [-0.3, -0.25) is 0 Å². The van der Waals surface area contributed by atoms with Crippen molar-refractivity contribution in [1.29, 1.82) is 0 Å². The smallest absolute Gasteiger partial charge is 0.181 e. The topological polar surface area (TPSA) is 74.8 Å². The molecule has 2 rings (SSSR count). The van der Waals surface area contributed by atoms with Gasteiger partial charge < -0.3 is 4.42 Å². The molecule has 0 saturated carbocycles. The summed E-state index contributed by atoms with van der Waals surface area (Å²) in [5.41, 5.74) is 9.43. The summed E-state index contributed by atoms with van der Waals surface area (Å²) in [5.74, 6) is 0.537. The minimum Gasteiger partial charge on any atom is -0.443 e. The van der Waals surface area contributed by atoms with Gasteiger partial charge in [0, 0.05) is 16.2 Å². The molecule has 15 heavy (non-hydrogen) atoms. The summed E-state index contributed by atoms with van der Waals surface area (Å²) in [6.07, 6.45) is 2.85. The Bertz CT molecular complexity index is 517. The first-order chi connectivity index (χ1) is 7.31. The fraction of sp³-hybridized carbons (Fsp3) is 0. The molecule has 0 aliphatic heterocycles. The molecule has 0 radical (unpaired) electrons. The number of azide groups is 1. The lowest BCUT2D eigenvalue weighted by Gasteiger charge is -2.00. The van der Waals surface area contributed by atoms with Gasteiger partial charge in [0.25, 0.3) is 0 Å². The van der Waals surface area contributed by atoms with Gasteiger partial charge in [-0.1, -0.05) is 22.8 Å². The Balaban J connectivity index is 2.55. The molecular formula is C9H5ClN4O. The molecule has 0 fully saturated rings. The largest absolute Gasteiger partial charge is 0.443 e. The van der Waals surface area contributed by atoms with Crippen molar-refractivity contribution in [3.05, 3.63) is 46.3 Å². The van der Waals surface area contributed by atoms with E-state index in [4.69, 9.17) is 21.5 Å². The van der Waals surface area contributed by atoms with Crippen LogP contribution in [0.2, 0.25) is 5.02 Å². The molecule has 0 amide bonds. The minimum absolute atomic E-state index is 0.480. The molecule has 0 spiro atoms. The molecule has 1 aromatic carbocycles. The van der Waals surface area contributed by atoms with Gasteiger partial charge in [0.1, 0.15) is 0 Å². The van der Waals surface area contributed by atoms with E-state index in [1.165, 1.54) is 6.39 Å². The van der Waals surface area contributed by atoms with Gasteiger partial charge in [-0.25, -0.2) is 4.98 Å². The number of aromatic nitrogens is 1. The third-order valence-electron chi connectivity index (χ3n) is 1.81. The number of halogens is 1.